The van der Waals surface area contributed by atoms with Crippen molar-refractivity contribution in [3.63, 3.8) is 0 Å². The fourth-order valence-electron chi connectivity index (χ4n) is 1.54. The van der Waals surface area contributed by atoms with Crippen LogP contribution >= 0.6 is 0 Å². The van der Waals surface area contributed by atoms with E-state index in [9.17, 15) is 14.5 Å². The molecule has 0 aliphatic heterocycles. The molecule has 0 unspecified atom stereocenters. The Hall–Kier alpha value is -1.65. The lowest BCUT2D eigenvalue weighted by molar-refractivity contribution is -0.386. The summed E-state index contributed by atoms with van der Waals surface area (Å²) in [4.78, 5) is 10.0. The molecule has 0 saturated heterocycles. The topological polar surface area (TPSA) is 55.2 Å². The van der Waals surface area contributed by atoms with Gasteiger partial charge in [-0.2, -0.15) is 4.39 Å². The number of nitrogens with one attached hydrogen (secondary N) is 1. The average molecular weight is 224 g/mol. The molecule has 0 bridgehead atoms. The first-order chi connectivity index (χ1) is 7.52. The zero-order valence-electron chi connectivity index (χ0n) is 9.00. The van der Waals surface area contributed by atoms with Gasteiger partial charge < -0.3 is 5.32 Å². The van der Waals surface area contributed by atoms with Crippen molar-refractivity contribution in [2.45, 2.75) is 19.8 Å². The summed E-state index contributed by atoms with van der Waals surface area (Å²) >= 11 is 0. The van der Waals surface area contributed by atoms with Crippen molar-refractivity contribution in [2.75, 3.05) is 11.9 Å². The molecular weight excluding hydrogens is 211 g/mol. The van der Waals surface area contributed by atoms with Crippen LogP contribution in [0.3, 0.4) is 0 Å². The lowest BCUT2D eigenvalue weighted by atomic mass is 10.1. The Kier molecular flexibility index (Phi) is 2.53. The van der Waals surface area contributed by atoms with Gasteiger partial charge in [0.2, 0.25) is 5.82 Å². The highest BCUT2D eigenvalue weighted by molar-refractivity contribution is 5.62. The van der Waals surface area contributed by atoms with Crippen LogP contribution in [0.1, 0.15) is 19.8 Å². The third kappa shape index (κ3) is 2.13. The Morgan fingerprint density at radius 1 is 1.56 bits per heavy atom. The van der Waals surface area contributed by atoms with E-state index < -0.39 is 16.4 Å². The largest absolute Gasteiger partial charge is 0.379 e. The van der Waals surface area contributed by atoms with Crippen molar-refractivity contribution in [1.29, 1.82) is 0 Å². The summed E-state index contributed by atoms with van der Waals surface area (Å²) in [6.45, 7) is 2.75. The fourth-order valence-corrected chi connectivity index (χ4v) is 1.54. The third-order valence-electron chi connectivity index (χ3n) is 2.98. The molecule has 1 aliphatic carbocycles. The Balaban J connectivity index is 2.19. The number of nitrogens with zero attached hydrogens (tertiary/aromatic N) is 1. The van der Waals surface area contributed by atoms with Crippen molar-refractivity contribution < 1.29 is 9.31 Å². The van der Waals surface area contributed by atoms with E-state index in [0.717, 1.165) is 18.9 Å². The standard InChI is InChI=1S/C11H13FN2O2/c1-11(5-6-11)7-13-9-4-2-3-8(12)10(9)14(15)16/h2-4,13H,5-7H2,1H3. The Morgan fingerprint density at radius 2 is 2.25 bits per heavy atom. The van der Waals surface area contributed by atoms with Crippen molar-refractivity contribution in [2.24, 2.45) is 5.41 Å². The molecule has 4 nitrogen and oxygen atoms in total. The summed E-state index contributed by atoms with van der Waals surface area (Å²) in [5.41, 5.74) is 0.0186. The van der Waals surface area contributed by atoms with Gasteiger partial charge in [-0.1, -0.05) is 13.0 Å². The molecule has 0 spiro atoms. The molecule has 0 aromatic heterocycles. The van der Waals surface area contributed by atoms with Gasteiger partial charge in [0.25, 0.3) is 0 Å². The van der Waals surface area contributed by atoms with E-state index >= 15 is 0 Å². The summed E-state index contributed by atoms with van der Waals surface area (Å²) in [6.07, 6.45) is 2.23. The first-order valence-corrected chi connectivity index (χ1v) is 5.19. The number of anilines is 1. The minimum absolute atomic E-state index is 0.222. The van der Waals surface area contributed by atoms with E-state index in [-0.39, 0.29) is 11.1 Å². The number of rotatable bonds is 4. The normalized spacial score (nSPS) is 16.9. The minimum atomic E-state index is -0.795. The van der Waals surface area contributed by atoms with Crippen molar-refractivity contribution in [3.05, 3.63) is 34.1 Å². The maximum atomic E-state index is 13.3. The van der Waals surface area contributed by atoms with Crippen molar-refractivity contribution in [3.8, 4) is 0 Å². The van der Waals surface area contributed by atoms with Crippen LogP contribution in [0, 0.1) is 21.3 Å². The van der Waals surface area contributed by atoms with E-state index in [1.807, 2.05) is 0 Å². The summed E-state index contributed by atoms with van der Waals surface area (Å²) in [5, 5.41) is 13.7. The molecule has 1 aliphatic rings. The second-order valence-electron chi connectivity index (χ2n) is 4.56. The predicted octanol–water partition coefficient (Wildman–Crippen LogP) is 2.95. The summed E-state index contributed by atoms with van der Waals surface area (Å²) < 4.78 is 13.3. The molecule has 1 N–H and O–H groups in total. The zero-order valence-corrected chi connectivity index (χ0v) is 9.00. The SMILES string of the molecule is CC1(CNc2cccc(F)c2[N+](=O)[O-])CC1. The Morgan fingerprint density at radius 3 is 2.81 bits per heavy atom. The van der Waals surface area contributed by atoms with E-state index in [1.165, 1.54) is 12.1 Å². The number of hydrogen-bond acceptors (Lipinski definition) is 3. The molecule has 0 amide bonds. The number of nitro benzene ring substituents is 1. The van der Waals surface area contributed by atoms with Crippen LogP contribution < -0.4 is 5.32 Å². The van der Waals surface area contributed by atoms with E-state index in [0.29, 0.717) is 6.54 Å². The predicted molar refractivity (Wildman–Crippen MR) is 58.9 cm³/mol. The Bertz CT molecular complexity index is 430. The highest BCUT2D eigenvalue weighted by atomic mass is 19.1. The molecule has 1 aromatic carbocycles. The molecule has 16 heavy (non-hydrogen) atoms. The van der Waals surface area contributed by atoms with Gasteiger partial charge in [0, 0.05) is 6.54 Å². The average Bonchev–Trinajstić information content (AvgIpc) is 2.94. The highest BCUT2D eigenvalue weighted by Gasteiger charge is 2.37. The number of nitro groups is 1. The summed E-state index contributed by atoms with van der Waals surface area (Å²) in [6, 6.07) is 4.11. The van der Waals surface area contributed by atoms with Gasteiger partial charge in [-0.05, 0) is 30.4 Å². The summed E-state index contributed by atoms with van der Waals surface area (Å²) in [5.74, 6) is -0.795. The van der Waals surface area contributed by atoms with Gasteiger partial charge in [0.05, 0.1) is 4.92 Å². The molecule has 0 atom stereocenters. The van der Waals surface area contributed by atoms with Crippen LogP contribution in [-0.4, -0.2) is 11.5 Å². The number of hydrogen-bond donors (Lipinski definition) is 1. The Labute approximate surface area is 92.6 Å². The molecule has 0 heterocycles. The van der Waals surface area contributed by atoms with Gasteiger partial charge in [0.15, 0.2) is 0 Å². The second kappa shape index (κ2) is 3.73. The molecule has 86 valence electrons. The number of benzene rings is 1. The van der Waals surface area contributed by atoms with Crippen LogP contribution in [0.15, 0.2) is 18.2 Å². The maximum Gasteiger partial charge on any atom is 0.327 e. The lowest BCUT2D eigenvalue weighted by Crippen LogP contribution is -2.13. The van der Waals surface area contributed by atoms with E-state index in [1.54, 1.807) is 0 Å². The molecule has 2 rings (SSSR count). The van der Waals surface area contributed by atoms with Gasteiger partial charge in [-0.3, -0.25) is 10.1 Å². The van der Waals surface area contributed by atoms with Crippen LogP contribution in [0.4, 0.5) is 15.8 Å². The van der Waals surface area contributed by atoms with Gasteiger partial charge in [-0.25, -0.2) is 0 Å². The van der Waals surface area contributed by atoms with Gasteiger partial charge in [-0.15, -0.1) is 0 Å². The third-order valence-corrected chi connectivity index (χ3v) is 2.98. The fraction of sp³-hybridized carbons (Fsp3) is 0.455. The molecule has 1 fully saturated rings. The van der Waals surface area contributed by atoms with Crippen LogP contribution in [0.25, 0.3) is 0 Å². The van der Waals surface area contributed by atoms with E-state index in [2.05, 4.69) is 12.2 Å². The first kappa shape index (κ1) is 10.9. The lowest BCUT2D eigenvalue weighted by Gasteiger charge is -2.11. The monoisotopic (exact) mass is 224 g/mol. The quantitative estimate of drug-likeness (QED) is 0.631. The van der Waals surface area contributed by atoms with Crippen LogP contribution in [0.5, 0.6) is 0 Å². The maximum absolute atomic E-state index is 13.3. The van der Waals surface area contributed by atoms with Gasteiger partial charge in [0.1, 0.15) is 5.69 Å². The smallest absolute Gasteiger partial charge is 0.327 e. The molecule has 0 radical (unpaired) electrons. The van der Waals surface area contributed by atoms with E-state index in [4.69, 9.17) is 0 Å². The zero-order chi connectivity index (χ0) is 11.8. The number of para-hydroxylation sites is 1. The van der Waals surface area contributed by atoms with Crippen LogP contribution in [-0.2, 0) is 0 Å². The minimum Gasteiger partial charge on any atom is -0.379 e. The number of halogens is 1. The second-order valence-corrected chi connectivity index (χ2v) is 4.56. The van der Waals surface area contributed by atoms with Crippen LogP contribution in [0.2, 0.25) is 0 Å². The van der Waals surface area contributed by atoms with Gasteiger partial charge >= 0.3 is 5.69 Å². The molecule has 1 aromatic rings. The first-order valence-electron chi connectivity index (χ1n) is 5.19. The highest BCUT2D eigenvalue weighted by Crippen LogP contribution is 2.45. The van der Waals surface area contributed by atoms with Crippen molar-refractivity contribution >= 4 is 11.4 Å². The molecular formula is C11H13FN2O2. The molecule has 5 heteroatoms. The summed E-state index contributed by atoms with van der Waals surface area (Å²) in [7, 11) is 0. The van der Waals surface area contributed by atoms with Crippen molar-refractivity contribution in [1.82, 2.24) is 0 Å². The molecule has 1 saturated carbocycles.